The third-order valence-electron chi connectivity index (χ3n) is 11.5. The summed E-state index contributed by atoms with van der Waals surface area (Å²) in [5, 5.41) is 4.94. The van der Waals surface area contributed by atoms with Crippen LogP contribution in [0.15, 0.2) is 91.1 Å². The second-order valence-corrected chi connectivity index (χ2v) is 15.8. The Bertz CT molecular complexity index is 2420. The molecule has 2 fully saturated rings. The quantitative estimate of drug-likeness (QED) is 0.129. The molecule has 2 aliphatic rings. The van der Waals surface area contributed by atoms with Gasteiger partial charge in [-0.3, -0.25) is 14.5 Å². The standard InChI is InChI=1S/C45H50N8O4/c1-27(2)39(50-45(56)57-5)43(54)52-21-10-14-38(52)42-47-34-20-19-32(25-35(34)48-42)30-15-16-31-24-33(18-17-29(31)23-30)36-26-46-41(49-36)37-13-9-22-53(37)44(55)40(51(3)4)28-11-7-6-8-12-28/h6-8,11-12,15-20,23-27,37-40H,9-10,13-14,21-22H2,1-5H3,(H,46,49)(H,47,48)(H,50,56). The van der Waals surface area contributed by atoms with E-state index in [0.29, 0.717) is 13.1 Å². The summed E-state index contributed by atoms with van der Waals surface area (Å²) in [6.07, 6.45) is 4.71. The number of nitrogens with zero attached hydrogens (tertiary/aromatic N) is 5. The molecule has 6 aromatic rings. The van der Waals surface area contributed by atoms with Crippen LogP contribution in [-0.2, 0) is 14.3 Å². The van der Waals surface area contributed by atoms with Gasteiger partial charge in [-0.25, -0.2) is 14.8 Å². The first-order chi connectivity index (χ1) is 27.6. The van der Waals surface area contributed by atoms with Gasteiger partial charge >= 0.3 is 6.09 Å². The molecule has 0 radical (unpaired) electrons. The third kappa shape index (κ3) is 7.49. The van der Waals surface area contributed by atoms with Crippen molar-refractivity contribution in [1.29, 1.82) is 0 Å². The van der Waals surface area contributed by atoms with Gasteiger partial charge in [0.05, 0.1) is 42.1 Å². The van der Waals surface area contributed by atoms with Crippen LogP contribution in [0.4, 0.5) is 4.79 Å². The van der Waals surface area contributed by atoms with E-state index in [2.05, 4.69) is 63.8 Å². The number of aromatic nitrogens is 4. The topological polar surface area (TPSA) is 140 Å². The Morgan fingerprint density at radius 3 is 2.11 bits per heavy atom. The van der Waals surface area contributed by atoms with Crippen LogP contribution in [0, 0.1) is 5.92 Å². The predicted molar refractivity (Wildman–Crippen MR) is 221 cm³/mol. The number of likely N-dealkylation sites (tertiary alicyclic amines) is 2. The number of carbonyl (C=O) groups is 3. The van der Waals surface area contributed by atoms with Crippen molar-refractivity contribution >= 4 is 39.7 Å². The lowest BCUT2D eigenvalue weighted by molar-refractivity contribution is -0.137. The van der Waals surface area contributed by atoms with Crippen molar-refractivity contribution in [3.63, 3.8) is 0 Å². The van der Waals surface area contributed by atoms with Crippen molar-refractivity contribution in [3.05, 3.63) is 108 Å². The zero-order valence-corrected chi connectivity index (χ0v) is 33.2. The monoisotopic (exact) mass is 766 g/mol. The highest BCUT2D eigenvalue weighted by atomic mass is 16.5. The van der Waals surface area contributed by atoms with E-state index in [-0.39, 0.29) is 35.9 Å². The third-order valence-corrected chi connectivity index (χ3v) is 11.5. The van der Waals surface area contributed by atoms with E-state index in [4.69, 9.17) is 14.7 Å². The maximum absolute atomic E-state index is 14.0. The second kappa shape index (κ2) is 15.9. The molecule has 3 amide bonds. The van der Waals surface area contributed by atoms with E-state index in [1.165, 1.54) is 7.11 Å². The molecule has 12 heteroatoms. The second-order valence-electron chi connectivity index (χ2n) is 15.8. The molecule has 0 spiro atoms. The van der Waals surface area contributed by atoms with Gasteiger partial charge in [0.15, 0.2) is 0 Å². The number of rotatable bonds is 10. The Balaban J connectivity index is 0.988. The van der Waals surface area contributed by atoms with E-state index in [0.717, 1.165) is 87.1 Å². The Morgan fingerprint density at radius 1 is 0.789 bits per heavy atom. The molecule has 4 atom stereocenters. The number of fused-ring (bicyclic) bond motifs is 2. The minimum atomic E-state index is -0.684. The number of imidazole rings is 2. The number of ether oxygens (including phenoxy) is 1. The van der Waals surface area contributed by atoms with Gasteiger partial charge < -0.3 is 29.8 Å². The summed E-state index contributed by atoms with van der Waals surface area (Å²) in [4.78, 5) is 62.2. The van der Waals surface area contributed by atoms with Crippen LogP contribution < -0.4 is 5.32 Å². The Labute approximate surface area is 332 Å². The summed E-state index contributed by atoms with van der Waals surface area (Å²) >= 11 is 0. The van der Waals surface area contributed by atoms with Gasteiger partial charge in [-0.2, -0.15) is 0 Å². The van der Waals surface area contributed by atoms with Crippen LogP contribution in [0.5, 0.6) is 0 Å². The van der Waals surface area contributed by atoms with Gasteiger partial charge in [0.2, 0.25) is 11.8 Å². The van der Waals surface area contributed by atoms with E-state index in [1.54, 1.807) is 0 Å². The Kier molecular flexibility index (Phi) is 10.5. The highest BCUT2D eigenvalue weighted by Crippen LogP contribution is 2.37. The maximum Gasteiger partial charge on any atom is 0.407 e. The summed E-state index contributed by atoms with van der Waals surface area (Å²) in [6, 6.07) is 27.7. The van der Waals surface area contributed by atoms with Crippen molar-refractivity contribution < 1.29 is 19.1 Å². The number of nitrogens with one attached hydrogen (secondary N) is 3. The van der Waals surface area contributed by atoms with Crippen LogP contribution in [0.2, 0.25) is 0 Å². The van der Waals surface area contributed by atoms with Crippen LogP contribution >= 0.6 is 0 Å². The average molecular weight is 767 g/mol. The summed E-state index contributed by atoms with van der Waals surface area (Å²) in [5.41, 5.74) is 6.83. The zero-order valence-electron chi connectivity index (χ0n) is 33.2. The number of alkyl carbamates (subject to hydrolysis) is 1. The molecule has 0 saturated carbocycles. The van der Waals surface area contributed by atoms with Crippen molar-refractivity contribution in [3.8, 4) is 22.4 Å². The van der Waals surface area contributed by atoms with Crippen LogP contribution in [0.1, 0.15) is 74.9 Å². The normalized spacial score (nSPS) is 18.2. The zero-order chi connectivity index (χ0) is 39.8. The molecule has 2 saturated heterocycles. The summed E-state index contributed by atoms with van der Waals surface area (Å²) in [7, 11) is 5.21. The van der Waals surface area contributed by atoms with Crippen molar-refractivity contribution in [2.45, 2.75) is 63.7 Å². The number of methoxy groups -OCH3 is 1. The predicted octanol–water partition coefficient (Wildman–Crippen LogP) is 7.78. The molecular formula is C45H50N8O4. The van der Waals surface area contributed by atoms with E-state index >= 15 is 0 Å². The van der Waals surface area contributed by atoms with E-state index in [9.17, 15) is 14.4 Å². The van der Waals surface area contributed by atoms with Crippen LogP contribution in [0.3, 0.4) is 0 Å². The fourth-order valence-corrected chi connectivity index (χ4v) is 8.57. The van der Waals surface area contributed by atoms with E-state index < -0.39 is 12.1 Å². The molecule has 0 aliphatic carbocycles. The lowest BCUT2D eigenvalue weighted by atomic mass is 9.99. The molecule has 4 aromatic carbocycles. The smallest absolute Gasteiger partial charge is 0.407 e. The highest BCUT2D eigenvalue weighted by molar-refractivity contribution is 5.92. The molecule has 12 nitrogen and oxygen atoms in total. The highest BCUT2D eigenvalue weighted by Gasteiger charge is 2.38. The molecule has 0 bridgehead atoms. The van der Waals surface area contributed by atoms with Crippen LogP contribution in [0.25, 0.3) is 44.2 Å². The number of carbonyl (C=O) groups excluding carboxylic acids is 3. The number of hydrogen-bond donors (Lipinski definition) is 3. The first-order valence-electron chi connectivity index (χ1n) is 19.9. The molecule has 4 unspecified atom stereocenters. The van der Waals surface area contributed by atoms with E-state index in [1.807, 2.05) is 85.2 Å². The van der Waals surface area contributed by atoms with Gasteiger partial charge in [0.1, 0.15) is 23.7 Å². The summed E-state index contributed by atoms with van der Waals surface area (Å²) < 4.78 is 4.78. The molecule has 294 valence electrons. The molecule has 8 rings (SSSR count). The van der Waals surface area contributed by atoms with Gasteiger partial charge in [0.25, 0.3) is 0 Å². The number of H-pyrrole nitrogens is 2. The first-order valence-corrected chi connectivity index (χ1v) is 19.9. The summed E-state index contributed by atoms with van der Waals surface area (Å²) in [6.45, 7) is 5.14. The molecule has 57 heavy (non-hydrogen) atoms. The minimum Gasteiger partial charge on any atom is -0.453 e. The lowest BCUT2D eigenvalue weighted by Gasteiger charge is -2.31. The fraction of sp³-hybridized carbons (Fsp3) is 0.356. The molecule has 2 aromatic heterocycles. The Morgan fingerprint density at radius 2 is 1.42 bits per heavy atom. The number of hydrogen-bond acceptors (Lipinski definition) is 7. The fourth-order valence-electron chi connectivity index (χ4n) is 8.57. The SMILES string of the molecule is COC(=O)NC(C(=O)N1CCCC1c1nc2ccc(-c3ccc4cc(-c5cnc(C6CCCN6C(=O)C(c6ccccc6)N(C)C)[nH]5)ccc4c3)cc2[nH]1)C(C)C. The maximum atomic E-state index is 14.0. The average Bonchev–Trinajstić information content (AvgIpc) is 4.05. The molecule has 4 heterocycles. The van der Waals surface area contributed by atoms with Gasteiger partial charge in [-0.05, 0) is 97.4 Å². The van der Waals surface area contributed by atoms with Gasteiger partial charge in [-0.1, -0.05) is 74.5 Å². The first kappa shape index (κ1) is 37.9. The molecule has 2 aliphatic heterocycles. The summed E-state index contributed by atoms with van der Waals surface area (Å²) in [5.74, 6) is 1.43. The lowest BCUT2D eigenvalue weighted by Crippen LogP contribution is -2.51. The number of likely N-dealkylation sites (N-methyl/N-ethyl adjacent to an activating group) is 1. The number of amides is 3. The minimum absolute atomic E-state index is 0.0962. The molecule has 3 N–H and O–H groups in total. The molecular weight excluding hydrogens is 717 g/mol. The van der Waals surface area contributed by atoms with Crippen LogP contribution in [-0.4, -0.2) is 92.9 Å². The van der Waals surface area contributed by atoms with Crippen molar-refractivity contribution in [1.82, 2.24) is 40.0 Å². The Hall–Kier alpha value is -6.01. The number of aromatic amines is 2. The van der Waals surface area contributed by atoms with Crippen molar-refractivity contribution in [2.24, 2.45) is 5.92 Å². The number of benzene rings is 4. The van der Waals surface area contributed by atoms with Gasteiger partial charge in [-0.15, -0.1) is 0 Å². The van der Waals surface area contributed by atoms with Gasteiger partial charge in [0, 0.05) is 18.7 Å². The largest absolute Gasteiger partial charge is 0.453 e. The van der Waals surface area contributed by atoms with Crippen molar-refractivity contribution in [2.75, 3.05) is 34.3 Å².